The third kappa shape index (κ3) is 2.94. The van der Waals surface area contributed by atoms with E-state index in [0.717, 1.165) is 5.41 Å². The van der Waals surface area contributed by atoms with Crippen molar-refractivity contribution in [2.45, 2.75) is 45.4 Å². The van der Waals surface area contributed by atoms with Crippen LogP contribution < -0.4 is 5.32 Å². The Hall–Kier alpha value is -0.0800. The summed E-state index contributed by atoms with van der Waals surface area (Å²) < 4.78 is 0. The summed E-state index contributed by atoms with van der Waals surface area (Å²) in [6.07, 6.45) is 8.46. The van der Waals surface area contributed by atoms with Crippen LogP contribution in [0.3, 0.4) is 0 Å². The van der Waals surface area contributed by atoms with E-state index in [0.29, 0.717) is 0 Å². The minimum Gasteiger partial charge on any atom is -0.317 e. The molecule has 15 heavy (non-hydrogen) atoms. The predicted octanol–water partition coefficient (Wildman–Crippen LogP) is 2.25. The number of nitrogens with zero attached hydrogens (tertiary/aromatic N) is 1. The van der Waals surface area contributed by atoms with Crippen LogP contribution in [0.2, 0.25) is 0 Å². The molecule has 0 aromatic heterocycles. The fraction of sp³-hybridized carbons (Fsp3) is 1.00. The van der Waals surface area contributed by atoms with E-state index >= 15 is 0 Å². The number of piperidine rings is 1. The molecule has 2 heteroatoms. The highest BCUT2D eigenvalue weighted by Gasteiger charge is 2.42. The van der Waals surface area contributed by atoms with E-state index in [1.165, 1.54) is 71.2 Å². The lowest BCUT2D eigenvalue weighted by molar-refractivity contribution is -0.0232. The molecule has 2 aliphatic heterocycles. The summed E-state index contributed by atoms with van der Waals surface area (Å²) >= 11 is 0. The van der Waals surface area contributed by atoms with Crippen molar-refractivity contribution in [1.29, 1.82) is 0 Å². The Kier molecular flexibility index (Phi) is 4.04. The van der Waals surface area contributed by atoms with Crippen LogP contribution in [0.5, 0.6) is 0 Å². The van der Waals surface area contributed by atoms with Gasteiger partial charge in [-0.15, -0.1) is 0 Å². The van der Waals surface area contributed by atoms with Crippen molar-refractivity contribution in [1.82, 2.24) is 10.2 Å². The van der Waals surface area contributed by atoms with Crippen LogP contribution in [0.15, 0.2) is 0 Å². The second-order valence-electron chi connectivity index (χ2n) is 5.52. The molecule has 0 amide bonds. The van der Waals surface area contributed by atoms with Gasteiger partial charge >= 0.3 is 0 Å². The van der Waals surface area contributed by atoms with Gasteiger partial charge in [-0.3, -0.25) is 0 Å². The fourth-order valence-corrected chi connectivity index (χ4v) is 3.10. The summed E-state index contributed by atoms with van der Waals surface area (Å²) in [5.41, 5.74) is 0.732. The number of nitrogens with one attached hydrogen (secondary N) is 1. The smallest absolute Gasteiger partial charge is 0.00514 e. The van der Waals surface area contributed by atoms with Gasteiger partial charge in [0.1, 0.15) is 0 Å². The normalized spacial score (nSPS) is 25.4. The zero-order chi connectivity index (χ0) is 10.6. The van der Waals surface area contributed by atoms with Gasteiger partial charge in [0, 0.05) is 13.1 Å². The molecule has 2 saturated heterocycles. The molecule has 2 nitrogen and oxygen atoms in total. The lowest BCUT2D eigenvalue weighted by Gasteiger charge is -2.52. The van der Waals surface area contributed by atoms with Crippen LogP contribution in [-0.4, -0.2) is 37.6 Å². The second-order valence-corrected chi connectivity index (χ2v) is 5.52. The van der Waals surface area contributed by atoms with Gasteiger partial charge in [0.15, 0.2) is 0 Å². The average molecular weight is 210 g/mol. The highest BCUT2D eigenvalue weighted by atomic mass is 15.2. The number of hydrogen-bond acceptors (Lipinski definition) is 2. The highest BCUT2D eigenvalue weighted by molar-refractivity contribution is 4.97. The molecule has 1 spiro atoms. The van der Waals surface area contributed by atoms with Gasteiger partial charge in [-0.05, 0) is 44.3 Å². The van der Waals surface area contributed by atoms with Gasteiger partial charge < -0.3 is 10.2 Å². The van der Waals surface area contributed by atoms with Crippen molar-refractivity contribution < 1.29 is 0 Å². The average Bonchev–Trinajstić information content (AvgIpc) is 2.23. The van der Waals surface area contributed by atoms with Gasteiger partial charge in [0.25, 0.3) is 0 Å². The summed E-state index contributed by atoms with van der Waals surface area (Å²) in [6.45, 7) is 8.93. The van der Waals surface area contributed by atoms with E-state index in [4.69, 9.17) is 0 Å². The molecule has 0 radical (unpaired) electrons. The largest absolute Gasteiger partial charge is 0.317 e. The second kappa shape index (κ2) is 5.31. The first-order chi connectivity index (χ1) is 7.35. The van der Waals surface area contributed by atoms with Crippen molar-refractivity contribution >= 4 is 0 Å². The quantitative estimate of drug-likeness (QED) is 0.700. The molecule has 0 unspecified atom stereocenters. The molecule has 2 fully saturated rings. The summed E-state index contributed by atoms with van der Waals surface area (Å²) in [5, 5.41) is 3.46. The topological polar surface area (TPSA) is 15.3 Å². The first-order valence-corrected chi connectivity index (χ1v) is 6.78. The van der Waals surface area contributed by atoms with Crippen LogP contribution in [-0.2, 0) is 0 Å². The first kappa shape index (κ1) is 11.4. The van der Waals surface area contributed by atoms with E-state index in [1.807, 2.05) is 0 Å². The molecule has 0 atom stereocenters. The number of rotatable bonds is 5. The molecule has 0 aromatic rings. The van der Waals surface area contributed by atoms with Gasteiger partial charge in [-0.1, -0.05) is 26.2 Å². The maximum absolute atomic E-state index is 3.46. The Bertz CT molecular complexity index is 177. The third-order valence-corrected chi connectivity index (χ3v) is 4.11. The molecule has 2 rings (SSSR count). The lowest BCUT2D eigenvalue weighted by atomic mass is 9.72. The highest BCUT2D eigenvalue weighted by Crippen LogP contribution is 2.38. The standard InChI is InChI=1S/C13H26N2/c1-2-3-4-5-10-15-11-13(12-15)6-8-14-9-7-13/h14H,2-12H2,1H3. The minimum absolute atomic E-state index is 0.732. The zero-order valence-electron chi connectivity index (χ0n) is 10.2. The summed E-state index contributed by atoms with van der Waals surface area (Å²) in [4.78, 5) is 2.67. The SMILES string of the molecule is CCCCCCN1CC2(CCNCC2)C1. The van der Waals surface area contributed by atoms with E-state index in [1.54, 1.807) is 0 Å². The predicted molar refractivity (Wildman–Crippen MR) is 65.1 cm³/mol. The van der Waals surface area contributed by atoms with Crippen molar-refractivity contribution in [3.05, 3.63) is 0 Å². The fourth-order valence-electron chi connectivity index (χ4n) is 3.10. The molecular formula is C13H26N2. The van der Waals surface area contributed by atoms with Gasteiger partial charge in [-0.25, -0.2) is 0 Å². The molecular weight excluding hydrogens is 184 g/mol. The van der Waals surface area contributed by atoms with Crippen molar-refractivity contribution in [3.63, 3.8) is 0 Å². The Labute approximate surface area is 94.4 Å². The third-order valence-electron chi connectivity index (χ3n) is 4.11. The van der Waals surface area contributed by atoms with Crippen LogP contribution in [0.1, 0.15) is 45.4 Å². The Balaban J connectivity index is 1.56. The minimum atomic E-state index is 0.732. The number of unbranched alkanes of at least 4 members (excludes halogenated alkanes) is 3. The molecule has 2 aliphatic rings. The van der Waals surface area contributed by atoms with E-state index < -0.39 is 0 Å². The molecule has 1 N–H and O–H groups in total. The summed E-state index contributed by atoms with van der Waals surface area (Å²) in [7, 11) is 0. The maximum Gasteiger partial charge on any atom is 0.00514 e. The zero-order valence-corrected chi connectivity index (χ0v) is 10.2. The van der Waals surface area contributed by atoms with E-state index in [9.17, 15) is 0 Å². The van der Waals surface area contributed by atoms with Crippen molar-refractivity contribution in [2.75, 3.05) is 32.7 Å². The van der Waals surface area contributed by atoms with Gasteiger partial charge in [0.2, 0.25) is 0 Å². The first-order valence-electron chi connectivity index (χ1n) is 6.78. The summed E-state index contributed by atoms with van der Waals surface area (Å²) in [6, 6.07) is 0. The summed E-state index contributed by atoms with van der Waals surface area (Å²) in [5.74, 6) is 0. The molecule has 0 bridgehead atoms. The number of hydrogen-bond donors (Lipinski definition) is 1. The molecule has 0 saturated carbocycles. The Morgan fingerprint density at radius 1 is 1.07 bits per heavy atom. The molecule has 0 aromatic carbocycles. The Morgan fingerprint density at radius 3 is 2.47 bits per heavy atom. The van der Waals surface area contributed by atoms with Crippen molar-refractivity contribution in [2.24, 2.45) is 5.41 Å². The lowest BCUT2D eigenvalue weighted by Crippen LogP contribution is -2.59. The molecule has 2 heterocycles. The van der Waals surface area contributed by atoms with Crippen molar-refractivity contribution in [3.8, 4) is 0 Å². The maximum atomic E-state index is 3.46. The van der Waals surface area contributed by atoms with Crippen LogP contribution in [0.25, 0.3) is 0 Å². The van der Waals surface area contributed by atoms with E-state index in [2.05, 4.69) is 17.1 Å². The molecule has 0 aliphatic carbocycles. The van der Waals surface area contributed by atoms with E-state index in [-0.39, 0.29) is 0 Å². The monoisotopic (exact) mass is 210 g/mol. The van der Waals surface area contributed by atoms with Crippen LogP contribution in [0.4, 0.5) is 0 Å². The molecule has 88 valence electrons. The number of likely N-dealkylation sites (tertiary alicyclic amines) is 1. The van der Waals surface area contributed by atoms with Gasteiger partial charge in [0.05, 0.1) is 0 Å². The Morgan fingerprint density at radius 2 is 1.80 bits per heavy atom. The van der Waals surface area contributed by atoms with Crippen LogP contribution in [0, 0.1) is 5.41 Å². The van der Waals surface area contributed by atoms with Gasteiger partial charge in [-0.2, -0.15) is 0 Å². The van der Waals surface area contributed by atoms with Crippen LogP contribution >= 0.6 is 0 Å².